The zero-order valence-corrected chi connectivity index (χ0v) is 8.48. The quantitative estimate of drug-likeness (QED) is 0.717. The average molecular weight is 192 g/mol. The predicted molar refractivity (Wildman–Crippen MR) is 54.9 cm³/mol. The van der Waals surface area contributed by atoms with Gasteiger partial charge in [0.05, 0.1) is 13.2 Å². The Kier molecular flexibility index (Phi) is 3.17. The van der Waals surface area contributed by atoms with Crippen molar-refractivity contribution in [3.8, 4) is 0 Å². The molecular weight excluding hydrogens is 176 g/mol. The Morgan fingerprint density at radius 1 is 1.14 bits per heavy atom. The molecule has 0 unspecified atom stereocenters. The minimum atomic E-state index is -0.154. The first-order valence-electron chi connectivity index (χ1n) is 5.18. The van der Waals surface area contributed by atoms with Crippen molar-refractivity contribution in [3.63, 3.8) is 0 Å². The lowest BCUT2D eigenvalue weighted by Gasteiger charge is -2.28. The fraction of sp³-hybridized carbons (Fsp3) is 0.500. The molecule has 0 bridgehead atoms. The molecule has 1 saturated heterocycles. The molecule has 0 saturated carbocycles. The van der Waals surface area contributed by atoms with Gasteiger partial charge in [0.2, 0.25) is 0 Å². The van der Waals surface area contributed by atoms with Gasteiger partial charge in [-0.15, -0.1) is 0 Å². The summed E-state index contributed by atoms with van der Waals surface area (Å²) in [6.07, 6.45) is 0.973. The number of rotatable bonds is 2. The monoisotopic (exact) mass is 192 g/mol. The number of ether oxygens (including phenoxy) is 2. The third-order valence-electron chi connectivity index (χ3n) is 2.62. The van der Waals surface area contributed by atoms with Gasteiger partial charge in [0, 0.05) is 11.5 Å². The Labute approximate surface area is 84.8 Å². The number of hydrogen-bond acceptors (Lipinski definition) is 2. The largest absolute Gasteiger partial charge is 0.348 e. The molecule has 1 fully saturated rings. The van der Waals surface area contributed by atoms with Gasteiger partial charge in [-0.05, 0) is 6.42 Å². The fourth-order valence-electron chi connectivity index (χ4n) is 1.58. The second kappa shape index (κ2) is 4.58. The van der Waals surface area contributed by atoms with Crippen LogP contribution in [0.5, 0.6) is 0 Å². The standard InChI is InChI=1S/C12H16O2/c1-2-10-8-13-12(14-9-10)11-6-4-3-5-7-11/h3-7,10,12H,2,8-9H2,1H3. The summed E-state index contributed by atoms with van der Waals surface area (Å²) in [5, 5.41) is 0. The lowest BCUT2D eigenvalue weighted by Crippen LogP contribution is -2.26. The van der Waals surface area contributed by atoms with Gasteiger partial charge in [0.1, 0.15) is 0 Å². The van der Waals surface area contributed by atoms with E-state index in [0.29, 0.717) is 5.92 Å². The molecule has 0 aliphatic carbocycles. The van der Waals surface area contributed by atoms with Crippen LogP contribution < -0.4 is 0 Å². The molecule has 1 heterocycles. The molecule has 2 nitrogen and oxygen atoms in total. The third kappa shape index (κ3) is 2.14. The zero-order valence-electron chi connectivity index (χ0n) is 8.48. The van der Waals surface area contributed by atoms with Crippen LogP contribution in [0, 0.1) is 5.92 Å². The maximum absolute atomic E-state index is 5.65. The Balaban J connectivity index is 1.96. The van der Waals surface area contributed by atoms with Crippen LogP contribution in [0.2, 0.25) is 0 Å². The highest BCUT2D eigenvalue weighted by molar-refractivity contribution is 5.16. The first-order chi connectivity index (χ1) is 6.90. The van der Waals surface area contributed by atoms with Crippen LogP contribution in [-0.4, -0.2) is 13.2 Å². The summed E-state index contributed by atoms with van der Waals surface area (Å²) in [6, 6.07) is 10.1. The van der Waals surface area contributed by atoms with E-state index in [1.165, 1.54) is 0 Å². The van der Waals surface area contributed by atoms with Gasteiger partial charge in [-0.1, -0.05) is 37.3 Å². The smallest absolute Gasteiger partial charge is 0.183 e. The molecule has 0 spiro atoms. The lowest BCUT2D eigenvalue weighted by molar-refractivity contribution is -0.205. The molecule has 2 rings (SSSR count). The van der Waals surface area contributed by atoms with E-state index >= 15 is 0 Å². The molecule has 14 heavy (non-hydrogen) atoms. The van der Waals surface area contributed by atoms with E-state index in [0.717, 1.165) is 25.2 Å². The molecule has 0 N–H and O–H groups in total. The van der Waals surface area contributed by atoms with Crippen LogP contribution in [0.4, 0.5) is 0 Å². The molecule has 76 valence electrons. The average Bonchev–Trinajstić information content (AvgIpc) is 2.30. The third-order valence-corrected chi connectivity index (χ3v) is 2.62. The highest BCUT2D eigenvalue weighted by Crippen LogP contribution is 2.25. The van der Waals surface area contributed by atoms with E-state index in [9.17, 15) is 0 Å². The van der Waals surface area contributed by atoms with Crippen molar-refractivity contribution >= 4 is 0 Å². The van der Waals surface area contributed by atoms with Crippen molar-refractivity contribution in [2.75, 3.05) is 13.2 Å². The van der Waals surface area contributed by atoms with Gasteiger partial charge in [0.15, 0.2) is 6.29 Å². The van der Waals surface area contributed by atoms with Crippen molar-refractivity contribution in [2.45, 2.75) is 19.6 Å². The van der Waals surface area contributed by atoms with E-state index in [-0.39, 0.29) is 6.29 Å². The van der Waals surface area contributed by atoms with Crippen LogP contribution in [0.1, 0.15) is 25.2 Å². The van der Waals surface area contributed by atoms with Crippen molar-refractivity contribution in [1.29, 1.82) is 0 Å². The molecular formula is C12H16O2. The van der Waals surface area contributed by atoms with Crippen LogP contribution >= 0.6 is 0 Å². The maximum atomic E-state index is 5.65. The highest BCUT2D eigenvalue weighted by Gasteiger charge is 2.21. The predicted octanol–water partition coefficient (Wildman–Crippen LogP) is 2.76. The van der Waals surface area contributed by atoms with Gasteiger partial charge in [-0.2, -0.15) is 0 Å². The Morgan fingerprint density at radius 3 is 2.36 bits per heavy atom. The van der Waals surface area contributed by atoms with Gasteiger partial charge in [-0.3, -0.25) is 0 Å². The van der Waals surface area contributed by atoms with E-state index in [4.69, 9.17) is 9.47 Å². The summed E-state index contributed by atoms with van der Waals surface area (Å²) in [5.74, 6) is 0.565. The van der Waals surface area contributed by atoms with E-state index in [1.54, 1.807) is 0 Å². The van der Waals surface area contributed by atoms with Gasteiger partial charge in [-0.25, -0.2) is 0 Å². The minimum Gasteiger partial charge on any atom is -0.348 e. The van der Waals surface area contributed by atoms with Crippen LogP contribution in [0.15, 0.2) is 30.3 Å². The van der Waals surface area contributed by atoms with Crippen molar-refractivity contribution in [3.05, 3.63) is 35.9 Å². The SMILES string of the molecule is CCC1COC(c2ccccc2)OC1. The van der Waals surface area contributed by atoms with Crippen molar-refractivity contribution in [2.24, 2.45) is 5.92 Å². The molecule has 1 aromatic rings. The van der Waals surface area contributed by atoms with Crippen LogP contribution in [0.3, 0.4) is 0 Å². The number of benzene rings is 1. The summed E-state index contributed by atoms with van der Waals surface area (Å²) in [4.78, 5) is 0. The second-order valence-electron chi connectivity index (χ2n) is 3.68. The second-order valence-corrected chi connectivity index (χ2v) is 3.68. The molecule has 1 aliphatic rings. The van der Waals surface area contributed by atoms with Gasteiger partial charge >= 0.3 is 0 Å². The summed E-state index contributed by atoms with van der Waals surface area (Å²) in [6.45, 7) is 3.80. The Morgan fingerprint density at radius 2 is 1.79 bits per heavy atom. The first kappa shape index (κ1) is 9.69. The molecule has 1 aromatic carbocycles. The van der Waals surface area contributed by atoms with E-state index in [2.05, 4.69) is 6.92 Å². The normalized spacial score (nSPS) is 27.5. The lowest BCUT2D eigenvalue weighted by atomic mass is 10.1. The summed E-state index contributed by atoms with van der Waals surface area (Å²) in [5.41, 5.74) is 1.11. The van der Waals surface area contributed by atoms with E-state index in [1.807, 2.05) is 30.3 Å². The summed E-state index contributed by atoms with van der Waals surface area (Å²) < 4.78 is 11.3. The minimum absolute atomic E-state index is 0.154. The van der Waals surface area contributed by atoms with Crippen molar-refractivity contribution < 1.29 is 9.47 Å². The number of hydrogen-bond donors (Lipinski definition) is 0. The topological polar surface area (TPSA) is 18.5 Å². The van der Waals surface area contributed by atoms with Crippen LogP contribution in [0.25, 0.3) is 0 Å². The summed E-state index contributed by atoms with van der Waals surface area (Å²) >= 11 is 0. The van der Waals surface area contributed by atoms with Gasteiger partial charge in [0.25, 0.3) is 0 Å². The van der Waals surface area contributed by atoms with E-state index < -0.39 is 0 Å². The first-order valence-corrected chi connectivity index (χ1v) is 5.18. The van der Waals surface area contributed by atoms with Crippen LogP contribution in [-0.2, 0) is 9.47 Å². The molecule has 2 heteroatoms. The molecule has 0 radical (unpaired) electrons. The molecule has 0 atom stereocenters. The molecule has 0 amide bonds. The zero-order chi connectivity index (χ0) is 9.80. The van der Waals surface area contributed by atoms with Crippen molar-refractivity contribution in [1.82, 2.24) is 0 Å². The molecule has 1 aliphatic heterocycles. The Hall–Kier alpha value is -0.860. The maximum Gasteiger partial charge on any atom is 0.183 e. The highest BCUT2D eigenvalue weighted by atomic mass is 16.7. The Bertz CT molecular complexity index is 263. The summed E-state index contributed by atoms with van der Waals surface area (Å²) in [7, 11) is 0. The molecule has 0 aromatic heterocycles. The fourth-order valence-corrected chi connectivity index (χ4v) is 1.58. The van der Waals surface area contributed by atoms with Gasteiger partial charge < -0.3 is 9.47 Å².